The summed E-state index contributed by atoms with van der Waals surface area (Å²) in [5.74, 6) is 1.91. The number of thioether (sulfide) groups is 1. The Balaban J connectivity index is 1.39. The first-order valence-electron chi connectivity index (χ1n) is 9.30. The standard InChI is InChI=1S/C18H28N4OS/c23-18(22-10-4-5-11-22)16-13-19-14-17(21-16)20-9-6-12-24-15-7-2-1-3-8-15/h13-15H,1-12H2,(H,20,21). The molecule has 1 amide bonds. The van der Waals surface area contributed by atoms with Gasteiger partial charge in [0.2, 0.25) is 0 Å². The fourth-order valence-electron chi connectivity index (χ4n) is 3.41. The largest absolute Gasteiger partial charge is 0.369 e. The van der Waals surface area contributed by atoms with Crippen LogP contribution in [0.1, 0.15) is 61.9 Å². The zero-order chi connectivity index (χ0) is 16.6. The Morgan fingerprint density at radius 2 is 1.96 bits per heavy atom. The van der Waals surface area contributed by atoms with Gasteiger partial charge >= 0.3 is 0 Å². The first-order chi connectivity index (χ1) is 11.8. The Morgan fingerprint density at radius 3 is 2.75 bits per heavy atom. The second kappa shape index (κ2) is 9.25. The van der Waals surface area contributed by atoms with Gasteiger partial charge in [0, 0.05) is 24.9 Å². The molecule has 0 aromatic carbocycles. The highest BCUT2D eigenvalue weighted by Crippen LogP contribution is 2.28. The fraction of sp³-hybridized carbons (Fsp3) is 0.722. The summed E-state index contributed by atoms with van der Waals surface area (Å²) < 4.78 is 0. The lowest BCUT2D eigenvalue weighted by Gasteiger charge is -2.20. The smallest absolute Gasteiger partial charge is 0.274 e. The molecule has 1 saturated carbocycles. The van der Waals surface area contributed by atoms with E-state index >= 15 is 0 Å². The molecule has 0 unspecified atom stereocenters. The predicted octanol–water partition coefficient (Wildman–Crippen LogP) is 3.58. The van der Waals surface area contributed by atoms with Gasteiger partial charge in [0.1, 0.15) is 11.5 Å². The Bertz CT molecular complexity index is 528. The molecule has 0 spiro atoms. The lowest BCUT2D eigenvalue weighted by atomic mass is 10.0. The van der Waals surface area contributed by atoms with Gasteiger partial charge < -0.3 is 10.2 Å². The molecular weight excluding hydrogens is 320 g/mol. The molecule has 0 atom stereocenters. The van der Waals surface area contributed by atoms with E-state index in [0.29, 0.717) is 11.5 Å². The van der Waals surface area contributed by atoms with Gasteiger partial charge in [0.05, 0.1) is 12.4 Å². The minimum atomic E-state index is 0.0107. The van der Waals surface area contributed by atoms with Crippen LogP contribution in [0.3, 0.4) is 0 Å². The summed E-state index contributed by atoms with van der Waals surface area (Å²) >= 11 is 2.12. The Hall–Kier alpha value is -1.30. The van der Waals surface area contributed by atoms with Crippen LogP contribution in [0, 0.1) is 0 Å². The molecule has 2 fully saturated rings. The minimum Gasteiger partial charge on any atom is -0.369 e. The maximum absolute atomic E-state index is 12.3. The Kier molecular flexibility index (Phi) is 6.75. The summed E-state index contributed by atoms with van der Waals surface area (Å²) in [6.45, 7) is 2.57. The van der Waals surface area contributed by atoms with Gasteiger partial charge in [-0.15, -0.1) is 0 Å². The normalized spacial score (nSPS) is 18.8. The summed E-state index contributed by atoms with van der Waals surface area (Å²) in [5, 5.41) is 4.19. The second-order valence-corrected chi connectivity index (χ2v) is 8.11. The minimum absolute atomic E-state index is 0.0107. The Morgan fingerprint density at radius 1 is 1.17 bits per heavy atom. The average Bonchev–Trinajstić information content (AvgIpc) is 3.17. The molecule has 0 bridgehead atoms. The van der Waals surface area contributed by atoms with Gasteiger partial charge in [-0.25, -0.2) is 4.98 Å². The highest BCUT2D eigenvalue weighted by molar-refractivity contribution is 7.99. The number of nitrogens with zero attached hydrogens (tertiary/aromatic N) is 3. The number of hydrogen-bond donors (Lipinski definition) is 1. The lowest BCUT2D eigenvalue weighted by Crippen LogP contribution is -2.28. The number of anilines is 1. The third-order valence-corrected chi connectivity index (χ3v) is 6.25. The van der Waals surface area contributed by atoms with E-state index in [9.17, 15) is 4.79 Å². The van der Waals surface area contributed by atoms with Gasteiger partial charge in [0.25, 0.3) is 5.91 Å². The molecular formula is C18H28N4OS. The van der Waals surface area contributed by atoms with E-state index in [4.69, 9.17) is 0 Å². The number of hydrogen-bond acceptors (Lipinski definition) is 5. The van der Waals surface area contributed by atoms with E-state index < -0.39 is 0 Å². The molecule has 1 aliphatic heterocycles. The molecule has 1 saturated heterocycles. The van der Waals surface area contributed by atoms with Crippen molar-refractivity contribution < 1.29 is 4.79 Å². The highest BCUT2D eigenvalue weighted by Gasteiger charge is 2.21. The molecule has 0 radical (unpaired) electrons. The van der Waals surface area contributed by atoms with Crippen molar-refractivity contribution in [1.82, 2.24) is 14.9 Å². The third kappa shape index (κ3) is 5.10. The molecule has 132 valence electrons. The predicted molar refractivity (Wildman–Crippen MR) is 99.6 cm³/mol. The van der Waals surface area contributed by atoms with E-state index in [0.717, 1.165) is 44.1 Å². The van der Waals surface area contributed by atoms with Gasteiger partial charge in [0.15, 0.2) is 0 Å². The second-order valence-electron chi connectivity index (χ2n) is 6.70. The first kappa shape index (κ1) is 17.5. The van der Waals surface area contributed by atoms with Crippen molar-refractivity contribution in [3.05, 3.63) is 18.1 Å². The molecule has 3 rings (SSSR count). The number of carbonyl (C=O) groups excluding carboxylic acids is 1. The van der Waals surface area contributed by atoms with Crippen LogP contribution in [-0.2, 0) is 0 Å². The van der Waals surface area contributed by atoms with E-state index in [1.165, 1.54) is 37.9 Å². The molecule has 2 heterocycles. The van der Waals surface area contributed by atoms with Gasteiger partial charge in [-0.3, -0.25) is 9.78 Å². The maximum Gasteiger partial charge on any atom is 0.274 e. The summed E-state index contributed by atoms with van der Waals surface area (Å²) in [6.07, 6.45) is 13.6. The number of rotatable bonds is 7. The molecule has 5 nitrogen and oxygen atoms in total. The fourth-order valence-corrected chi connectivity index (χ4v) is 4.72. The summed E-state index contributed by atoms with van der Waals surface area (Å²) in [5.41, 5.74) is 0.457. The van der Waals surface area contributed by atoms with Crippen LogP contribution in [0.5, 0.6) is 0 Å². The number of aromatic nitrogens is 2. The zero-order valence-corrected chi connectivity index (χ0v) is 15.2. The third-order valence-electron chi connectivity index (χ3n) is 4.78. The maximum atomic E-state index is 12.3. The van der Waals surface area contributed by atoms with Gasteiger partial charge in [-0.2, -0.15) is 11.8 Å². The molecule has 2 aliphatic rings. The molecule has 24 heavy (non-hydrogen) atoms. The van der Waals surface area contributed by atoms with Crippen molar-refractivity contribution in [3.8, 4) is 0 Å². The molecule has 1 aliphatic carbocycles. The average molecular weight is 349 g/mol. The SMILES string of the molecule is O=C(c1cncc(NCCCSC2CCCCC2)n1)N1CCCC1. The molecule has 1 aromatic heterocycles. The number of amides is 1. The van der Waals surface area contributed by atoms with Crippen LogP contribution in [0.25, 0.3) is 0 Å². The highest BCUT2D eigenvalue weighted by atomic mass is 32.2. The van der Waals surface area contributed by atoms with E-state index in [2.05, 4.69) is 27.0 Å². The number of nitrogens with one attached hydrogen (secondary N) is 1. The summed E-state index contributed by atoms with van der Waals surface area (Å²) in [7, 11) is 0. The van der Waals surface area contributed by atoms with Crippen LogP contribution in [0.15, 0.2) is 12.4 Å². The van der Waals surface area contributed by atoms with Crippen LogP contribution < -0.4 is 5.32 Å². The monoisotopic (exact) mass is 348 g/mol. The van der Waals surface area contributed by atoms with Crippen molar-refractivity contribution in [3.63, 3.8) is 0 Å². The number of carbonyl (C=O) groups is 1. The quantitative estimate of drug-likeness (QED) is 0.763. The van der Waals surface area contributed by atoms with Gasteiger partial charge in [-0.05, 0) is 37.9 Å². The Labute approximate surface area is 149 Å². The van der Waals surface area contributed by atoms with Crippen LogP contribution >= 0.6 is 11.8 Å². The van der Waals surface area contributed by atoms with Crippen LogP contribution in [0.4, 0.5) is 5.82 Å². The van der Waals surface area contributed by atoms with Crippen LogP contribution in [-0.4, -0.2) is 51.4 Å². The summed E-state index contributed by atoms with van der Waals surface area (Å²) in [6, 6.07) is 0. The van der Waals surface area contributed by atoms with Crippen molar-refractivity contribution in [2.75, 3.05) is 30.7 Å². The first-order valence-corrected chi connectivity index (χ1v) is 10.3. The van der Waals surface area contributed by atoms with Crippen molar-refractivity contribution in [2.24, 2.45) is 0 Å². The van der Waals surface area contributed by atoms with E-state index in [-0.39, 0.29) is 5.91 Å². The number of likely N-dealkylation sites (tertiary alicyclic amines) is 1. The topological polar surface area (TPSA) is 58.1 Å². The molecule has 1 N–H and O–H groups in total. The lowest BCUT2D eigenvalue weighted by molar-refractivity contribution is 0.0786. The van der Waals surface area contributed by atoms with Crippen LogP contribution in [0.2, 0.25) is 0 Å². The van der Waals surface area contributed by atoms with E-state index in [1.54, 1.807) is 12.4 Å². The van der Waals surface area contributed by atoms with Crippen molar-refractivity contribution in [1.29, 1.82) is 0 Å². The van der Waals surface area contributed by atoms with Gasteiger partial charge in [-0.1, -0.05) is 19.3 Å². The van der Waals surface area contributed by atoms with E-state index in [1.807, 2.05) is 4.90 Å². The summed E-state index contributed by atoms with van der Waals surface area (Å²) in [4.78, 5) is 22.8. The molecule has 6 heteroatoms. The van der Waals surface area contributed by atoms with Crippen molar-refractivity contribution >= 4 is 23.5 Å². The van der Waals surface area contributed by atoms with Crippen molar-refractivity contribution in [2.45, 2.75) is 56.6 Å². The zero-order valence-electron chi connectivity index (χ0n) is 14.4. The molecule has 1 aromatic rings.